The molecule has 0 radical (unpaired) electrons. The largest absolute Gasteiger partial charge is 0.378 e. The van der Waals surface area contributed by atoms with Gasteiger partial charge in [0.25, 0.3) is 0 Å². The summed E-state index contributed by atoms with van der Waals surface area (Å²) < 4.78 is 10.9. The zero-order valence-electron chi connectivity index (χ0n) is 16.4. The molecule has 0 spiro atoms. The maximum absolute atomic E-state index is 5.47. The molecular formula is C18H26N8O2. The molecular weight excluding hydrogens is 360 g/mol. The summed E-state index contributed by atoms with van der Waals surface area (Å²) in [5, 5.41) is 0. The van der Waals surface area contributed by atoms with E-state index in [4.69, 9.17) is 24.4 Å². The molecule has 4 rings (SSSR count). The van der Waals surface area contributed by atoms with Crippen molar-refractivity contribution in [2.75, 3.05) is 80.9 Å². The SMILES string of the molecule is CCN(C)c1nccc(-c2nc(N3CCOCC3)nc(N3CCOCC3)n2)n1. The summed E-state index contributed by atoms with van der Waals surface area (Å²) >= 11 is 0. The van der Waals surface area contributed by atoms with Crippen LogP contribution in [0.25, 0.3) is 11.5 Å². The first-order valence-corrected chi connectivity index (χ1v) is 9.70. The molecule has 28 heavy (non-hydrogen) atoms. The molecule has 10 nitrogen and oxygen atoms in total. The van der Waals surface area contributed by atoms with Crippen molar-refractivity contribution < 1.29 is 9.47 Å². The fourth-order valence-corrected chi connectivity index (χ4v) is 3.08. The summed E-state index contributed by atoms with van der Waals surface area (Å²) in [7, 11) is 1.96. The third kappa shape index (κ3) is 4.12. The first-order chi connectivity index (χ1) is 13.7. The number of hydrogen-bond donors (Lipinski definition) is 0. The summed E-state index contributed by atoms with van der Waals surface area (Å²) in [5.74, 6) is 2.55. The summed E-state index contributed by atoms with van der Waals surface area (Å²) in [6.45, 7) is 8.63. The van der Waals surface area contributed by atoms with Crippen LogP contribution in [0.1, 0.15) is 6.92 Å². The molecule has 2 aromatic heterocycles. The number of aromatic nitrogens is 5. The second kappa shape index (κ2) is 8.61. The standard InChI is InChI=1S/C18H26N8O2/c1-3-24(2)16-19-5-4-14(20-16)15-21-17(25-6-10-27-11-7-25)23-18(22-15)26-8-12-28-13-9-26/h4-5H,3,6-13H2,1-2H3. The van der Waals surface area contributed by atoms with E-state index in [9.17, 15) is 0 Å². The van der Waals surface area contributed by atoms with Crippen LogP contribution < -0.4 is 14.7 Å². The molecule has 0 amide bonds. The molecule has 150 valence electrons. The zero-order valence-corrected chi connectivity index (χ0v) is 16.4. The van der Waals surface area contributed by atoms with Gasteiger partial charge in [-0.25, -0.2) is 9.97 Å². The van der Waals surface area contributed by atoms with E-state index in [0.29, 0.717) is 55.8 Å². The van der Waals surface area contributed by atoms with Crippen LogP contribution in [0.3, 0.4) is 0 Å². The van der Waals surface area contributed by atoms with E-state index >= 15 is 0 Å². The molecule has 2 aromatic rings. The maximum atomic E-state index is 5.47. The van der Waals surface area contributed by atoms with Crippen molar-refractivity contribution in [3.05, 3.63) is 12.3 Å². The number of nitrogens with zero attached hydrogens (tertiary/aromatic N) is 8. The van der Waals surface area contributed by atoms with Gasteiger partial charge >= 0.3 is 0 Å². The van der Waals surface area contributed by atoms with Gasteiger partial charge in [0.05, 0.1) is 26.4 Å². The second-order valence-electron chi connectivity index (χ2n) is 6.71. The van der Waals surface area contributed by atoms with Gasteiger partial charge < -0.3 is 24.2 Å². The monoisotopic (exact) mass is 386 g/mol. The highest BCUT2D eigenvalue weighted by atomic mass is 16.5. The van der Waals surface area contributed by atoms with E-state index < -0.39 is 0 Å². The third-order valence-corrected chi connectivity index (χ3v) is 4.89. The van der Waals surface area contributed by atoms with E-state index in [1.54, 1.807) is 6.20 Å². The Balaban J connectivity index is 1.72. The fraction of sp³-hybridized carbons (Fsp3) is 0.611. The van der Waals surface area contributed by atoms with Gasteiger partial charge in [-0.3, -0.25) is 0 Å². The Hall–Kier alpha value is -2.59. The second-order valence-corrected chi connectivity index (χ2v) is 6.71. The van der Waals surface area contributed by atoms with E-state index in [-0.39, 0.29) is 0 Å². The number of rotatable bonds is 5. The van der Waals surface area contributed by atoms with Gasteiger partial charge in [-0.2, -0.15) is 15.0 Å². The summed E-state index contributed by atoms with van der Waals surface area (Å²) in [5.41, 5.74) is 0.691. The lowest BCUT2D eigenvalue weighted by molar-refractivity contribution is 0.121. The minimum Gasteiger partial charge on any atom is -0.378 e. The molecule has 2 aliphatic rings. The van der Waals surface area contributed by atoms with Crippen LogP contribution in [-0.4, -0.2) is 91.1 Å². The highest BCUT2D eigenvalue weighted by Gasteiger charge is 2.21. The van der Waals surface area contributed by atoms with Crippen molar-refractivity contribution in [2.24, 2.45) is 0 Å². The third-order valence-electron chi connectivity index (χ3n) is 4.89. The van der Waals surface area contributed by atoms with Crippen LogP contribution >= 0.6 is 0 Å². The summed E-state index contributed by atoms with van der Waals surface area (Å²) in [4.78, 5) is 29.5. The van der Waals surface area contributed by atoms with Crippen molar-refractivity contribution in [2.45, 2.75) is 6.92 Å². The Morgan fingerprint density at radius 1 is 0.893 bits per heavy atom. The number of ether oxygens (including phenoxy) is 2. The van der Waals surface area contributed by atoms with Crippen molar-refractivity contribution in [1.29, 1.82) is 0 Å². The van der Waals surface area contributed by atoms with Gasteiger partial charge in [-0.05, 0) is 13.0 Å². The molecule has 0 N–H and O–H groups in total. The Kier molecular flexibility index (Phi) is 5.77. The molecule has 0 aromatic carbocycles. The maximum Gasteiger partial charge on any atom is 0.230 e. The van der Waals surface area contributed by atoms with Gasteiger partial charge in [-0.1, -0.05) is 0 Å². The molecule has 10 heteroatoms. The van der Waals surface area contributed by atoms with E-state index in [1.165, 1.54) is 0 Å². The molecule has 2 aliphatic heterocycles. The van der Waals surface area contributed by atoms with E-state index in [0.717, 1.165) is 32.7 Å². The van der Waals surface area contributed by atoms with Crippen LogP contribution in [-0.2, 0) is 9.47 Å². The number of morpholine rings is 2. The molecule has 0 aliphatic carbocycles. The molecule has 2 saturated heterocycles. The van der Waals surface area contributed by atoms with Crippen molar-refractivity contribution >= 4 is 17.8 Å². The van der Waals surface area contributed by atoms with Gasteiger partial charge in [0.2, 0.25) is 17.8 Å². The highest BCUT2D eigenvalue weighted by Crippen LogP contribution is 2.22. The van der Waals surface area contributed by atoms with Crippen LogP contribution in [0.5, 0.6) is 0 Å². The Morgan fingerprint density at radius 3 is 2.00 bits per heavy atom. The van der Waals surface area contributed by atoms with Gasteiger partial charge in [0, 0.05) is 46.0 Å². The van der Waals surface area contributed by atoms with Gasteiger partial charge in [0.15, 0.2) is 5.82 Å². The number of hydrogen-bond acceptors (Lipinski definition) is 10. The zero-order chi connectivity index (χ0) is 19.3. The lowest BCUT2D eigenvalue weighted by Crippen LogP contribution is -2.40. The smallest absolute Gasteiger partial charge is 0.230 e. The van der Waals surface area contributed by atoms with Crippen LogP contribution in [0.15, 0.2) is 12.3 Å². The molecule has 0 saturated carbocycles. The summed E-state index contributed by atoms with van der Waals surface area (Å²) in [6.07, 6.45) is 1.75. The highest BCUT2D eigenvalue weighted by molar-refractivity contribution is 5.56. The van der Waals surface area contributed by atoms with E-state index in [2.05, 4.69) is 26.7 Å². The average Bonchev–Trinajstić information content (AvgIpc) is 2.79. The predicted octanol–water partition coefficient (Wildman–Crippen LogP) is 0.458. The molecule has 0 atom stereocenters. The van der Waals surface area contributed by atoms with Crippen LogP contribution in [0.2, 0.25) is 0 Å². The first kappa shape index (κ1) is 18.8. The molecule has 0 bridgehead atoms. The lowest BCUT2D eigenvalue weighted by Gasteiger charge is -2.30. The van der Waals surface area contributed by atoms with Crippen molar-refractivity contribution in [1.82, 2.24) is 24.9 Å². The predicted molar refractivity (Wildman–Crippen MR) is 106 cm³/mol. The first-order valence-electron chi connectivity index (χ1n) is 9.70. The number of anilines is 3. The fourth-order valence-electron chi connectivity index (χ4n) is 3.08. The normalized spacial score (nSPS) is 17.6. The van der Waals surface area contributed by atoms with Crippen molar-refractivity contribution in [3.63, 3.8) is 0 Å². The summed E-state index contributed by atoms with van der Waals surface area (Å²) in [6, 6.07) is 1.84. The Bertz CT molecular complexity index is 757. The minimum atomic E-state index is 0.561. The van der Waals surface area contributed by atoms with Gasteiger partial charge in [0.1, 0.15) is 5.69 Å². The quantitative estimate of drug-likeness (QED) is 0.721. The van der Waals surface area contributed by atoms with E-state index in [1.807, 2.05) is 18.0 Å². The minimum absolute atomic E-state index is 0.561. The molecule has 2 fully saturated rings. The van der Waals surface area contributed by atoms with Crippen LogP contribution in [0.4, 0.5) is 17.8 Å². The lowest BCUT2D eigenvalue weighted by atomic mass is 10.3. The Labute approximate surface area is 164 Å². The molecule has 0 unspecified atom stereocenters. The average molecular weight is 386 g/mol. The van der Waals surface area contributed by atoms with Gasteiger partial charge in [-0.15, -0.1) is 0 Å². The molecule has 4 heterocycles. The van der Waals surface area contributed by atoms with Crippen LogP contribution in [0, 0.1) is 0 Å². The Morgan fingerprint density at radius 2 is 1.46 bits per heavy atom. The van der Waals surface area contributed by atoms with Crippen molar-refractivity contribution in [3.8, 4) is 11.5 Å². The topological polar surface area (TPSA) is 92.6 Å².